The number of halogens is 2. The molecule has 3 aromatic carbocycles. The summed E-state index contributed by atoms with van der Waals surface area (Å²) < 4.78 is 15.7. The van der Waals surface area contributed by atoms with Gasteiger partial charge in [-0.25, -0.2) is 0 Å². The third-order valence-electron chi connectivity index (χ3n) is 6.12. The van der Waals surface area contributed by atoms with Crippen molar-refractivity contribution in [3.8, 4) is 17.2 Å². The molecule has 1 aliphatic rings. The summed E-state index contributed by atoms with van der Waals surface area (Å²) in [5.41, 5.74) is 2.50. The van der Waals surface area contributed by atoms with Gasteiger partial charge in [-0.1, -0.05) is 23.2 Å². The maximum absolute atomic E-state index is 13.1. The van der Waals surface area contributed by atoms with Crippen LogP contribution in [0.1, 0.15) is 20.7 Å². The molecule has 0 bridgehead atoms. The van der Waals surface area contributed by atoms with Gasteiger partial charge < -0.3 is 29.3 Å². The molecule has 3 aromatic rings. The van der Waals surface area contributed by atoms with Gasteiger partial charge in [0.05, 0.1) is 31.4 Å². The van der Waals surface area contributed by atoms with E-state index in [0.29, 0.717) is 60.2 Å². The van der Waals surface area contributed by atoms with E-state index in [9.17, 15) is 9.59 Å². The highest BCUT2D eigenvalue weighted by Gasteiger charge is 2.23. The Labute approximate surface area is 225 Å². The molecule has 0 radical (unpaired) electrons. The lowest BCUT2D eigenvalue weighted by Gasteiger charge is -2.36. The number of benzene rings is 3. The van der Waals surface area contributed by atoms with Crippen LogP contribution in [0.2, 0.25) is 10.0 Å². The molecule has 10 heteroatoms. The van der Waals surface area contributed by atoms with Crippen LogP contribution in [-0.4, -0.2) is 64.2 Å². The van der Waals surface area contributed by atoms with Crippen molar-refractivity contribution < 1.29 is 23.8 Å². The summed E-state index contributed by atoms with van der Waals surface area (Å²) in [6.07, 6.45) is 0. The normalized spacial score (nSPS) is 13.2. The standard InChI is InChI=1S/C27H27Cl2N3O5/c1-35-21-12-18(13-22(16-21)36-2)27(34)32-10-8-31(9-11-32)20-6-4-19(5-7-20)30-26(33)17-14-23(28)25(37-3)24(29)15-17/h4-7,12-16H,8-11H2,1-3H3,(H,30,33). The molecule has 1 aliphatic heterocycles. The number of nitrogens with one attached hydrogen (secondary N) is 1. The van der Waals surface area contributed by atoms with Crippen LogP contribution in [0.5, 0.6) is 17.2 Å². The summed E-state index contributed by atoms with van der Waals surface area (Å²) >= 11 is 12.3. The molecule has 1 saturated heterocycles. The molecule has 194 valence electrons. The number of piperazine rings is 1. The highest BCUT2D eigenvalue weighted by Crippen LogP contribution is 2.34. The fourth-order valence-electron chi connectivity index (χ4n) is 4.13. The van der Waals surface area contributed by atoms with Gasteiger partial charge in [0, 0.05) is 54.7 Å². The first-order valence-corrected chi connectivity index (χ1v) is 12.3. The monoisotopic (exact) mass is 543 g/mol. The molecule has 37 heavy (non-hydrogen) atoms. The van der Waals surface area contributed by atoms with Crippen LogP contribution in [0.25, 0.3) is 0 Å². The number of hydrogen-bond donors (Lipinski definition) is 1. The fourth-order valence-corrected chi connectivity index (χ4v) is 4.77. The van der Waals surface area contributed by atoms with E-state index in [-0.39, 0.29) is 21.9 Å². The zero-order valence-electron chi connectivity index (χ0n) is 20.7. The quantitative estimate of drug-likeness (QED) is 0.439. The smallest absolute Gasteiger partial charge is 0.255 e. The van der Waals surface area contributed by atoms with Gasteiger partial charge >= 0.3 is 0 Å². The third kappa shape index (κ3) is 6.03. The second-order valence-corrected chi connectivity index (χ2v) is 9.17. The minimum atomic E-state index is -0.333. The Morgan fingerprint density at radius 3 is 1.84 bits per heavy atom. The number of carbonyl (C=O) groups excluding carboxylic acids is 2. The van der Waals surface area contributed by atoms with Gasteiger partial charge in [0.15, 0.2) is 5.75 Å². The summed E-state index contributed by atoms with van der Waals surface area (Å²) in [6.45, 7) is 2.52. The van der Waals surface area contributed by atoms with Gasteiger partial charge in [-0.15, -0.1) is 0 Å². The molecule has 0 unspecified atom stereocenters. The van der Waals surface area contributed by atoms with Crippen molar-refractivity contribution in [3.63, 3.8) is 0 Å². The number of carbonyl (C=O) groups is 2. The Hall–Kier alpha value is -3.62. The second kappa shape index (κ2) is 11.6. The SMILES string of the molecule is COc1cc(OC)cc(C(=O)N2CCN(c3ccc(NC(=O)c4cc(Cl)c(OC)c(Cl)c4)cc3)CC2)c1. The molecule has 0 aromatic heterocycles. The predicted octanol–water partition coefficient (Wildman–Crippen LogP) is 5.23. The lowest BCUT2D eigenvalue weighted by molar-refractivity contribution is 0.0746. The Balaban J connectivity index is 1.36. The van der Waals surface area contributed by atoms with E-state index in [0.717, 1.165) is 5.69 Å². The van der Waals surface area contributed by atoms with Crippen LogP contribution >= 0.6 is 23.2 Å². The Bertz CT molecular complexity index is 1250. The number of methoxy groups -OCH3 is 3. The van der Waals surface area contributed by atoms with Crippen molar-refractivity contribution in [2.75, 3.05) is 57.7 Å². The van der Waals surface area contributed by atoms with Crippen molar-refractivity contribution in [1.29, 1.82) is 0 Å². The number of ether oxygens (including phenoxy) is 3. The van der Waals surface area contributed by atoms with Gasteiger partial charge in [0.25, 0.3) is 11.8 Å². The first kappa shape index (κ1) is 26.4. The minimum Gasteiger partial charge on any atom is -0.497 e. The van der Waals surface area contributed by atoms with Crippen molar-refractivity contribution in [2.45, 2.75) is 0 Å². The number of anilines is 2. The highest BCUT2D eigenvalue weighted by atomic mass is 35.5. The number of rotatable bonds is 7. The summed E-state index contributed by atoms with van der Waals surface area (Å²) in [6, 6.07) is 15.7. The maximum atomic E-state index is 13.1. The number of hydrogen-bond acceptors (Lipinski definition) is 6. The van der Waals surface area contributed by atoms with E-state index in [1.54, 1.807) is 32.4 Å². The molecule has 0 aliphatic carbocycles. The van der Waals surface area contributed by atoms with Gasteiger partial charge in [-0.2, -0.15) is 0 Å². The van der Waals surface area contributed by atoms with Crippen LogP contribution in [0.15, 0.2) is 54.6 Å². The summed E-state index contributed by atoms with van der Waals surface area (Å²) in [5.74, 6) is 1.09. The summed E-state index contributed by atoms with van der Waals surface area (Å²) in [5, 5.41) is 3.38. The summed E-state index contributed by atoms with van der Waals surface area (Å²) in [4.78, 5) is 29.7. The van der Waals surface area contributed by atoms with E-state index < -0.39 is 0 Å². The van der Waals surface area contributed by atoms with Crippen LogP contribution in [-0.2, 0) is 0 Å². The van der Waals surface area contributed by atoms with Gasteiger partial charge in [-0.05, 0) is 48.5 Å². The Morgan fingerprint density at radius 1 is 0.757 bits per heavy atom. The average Bonchev–Trinajstić information content (AvgIpc) is 2.92. The fraction of sp³-hybridized carbons (Fsp3) is 0.259. The topological polar surface area (TPSA) is 80.3 Å². The van der Waals surface area contributed by atoms with Crippen molar-refractivity contribution in [2.24, 2.45) is 0 Å². The summed E-state index contributed by atoms with van der Waals surface area (Å²) in [7, 11) is 4.58. The van der Waals surface area contributed by atoms with E-state index >= 15 is 0 Å². The lowest BCUT2D eigenvalue weighted by atomic mass is 10.1. The zero-order chi connectivity index (χ0) is 26.5. The molecule has 2 amide bonds. The first-order valence-electron chi connectivity index (χ1n) is 11.5. The van der Waals surface area contributed by atoms with Crippen LogP contribution in [0, 0.1) is 0 Å². The average molecular weight is 544 g/mol. The van der Waals surface area contributed by atoms with Crippen LogP contribution < -0.4 is 24.4 Å². The largest absolute Gasteiger partial charge is 0.497 e. The minimum absolute atomic E-state index is 0.0614. The first-order chi connectivity index (χ1) is 17.8. The van der Waals surface area contributed by atoms with Crippen molar-refractivity contribution in [1.82, 2.24) is 4.90 Å². The predicted molar refractivity (Wildman–Crippen MR) is 145 cm³/mol. The molecular weight excluding hydrogens is 517 g/mol. The van der Waals surface area contributed by atoms with E-state index in [2.05, 4.69) is 10.2 Å². The highest BCUT2D eigenvalue weighted by molar-refractivity contribution is 6.37. The Kier molecular flexibility index (Phi) is 8.31. The molecule has 8 nitrogen and oxygen atoms in total. The molecule has 1 N–H and O–H groups in total. The van der Waals surface area contributed by atoms with Gasteiger partial charge in [0.2, 0.25) is 0 Å². The molecule has 0 saturated carbocycles. The lowest BCUT2D eigenvalue weighted by Crippen LogP contribution is -2.48. The van der Waals surface area contributed by atoms with Crippen molar-refractivity contribution >= 4 is 46.4 Å². The van der Waals surface area contributed by atoms with Gasteiger partial charge in [-0.3, -0.25) is 9.59 Å². The molecule has 0 spiro atoms. The molecular formula is C27H27Cl2N3O5. The van der Waals surface area contributed by atoms with Crippen LogP contribution in [0.4, 0.5) is 11.4 Å². The van der Waals surface area contributed by atoms with Crippen molar-refractivity contribution in [3.05, 3.63) is 75.8 Å². The Morgan fingerprint density at radius 2 is 1.32 bits per heavy atom. The number of nitrogens with zero attached hydrogens (tertiary/aromatic N) is 2. The second-order valence-electron chi connectivity index (χ2n) is 8.35. The molecule has 1 heterocycles. The molecule has 1 fully saturated rings. The maximum Gasteiger partial charge on any atom is 0.255 e. The zero-order valence-corrected chi connectivity index (χ0v) is 22.2. The van der Waals surface area contributed by atoms with Crippen LogP contribution in [0.3, 0.4) is 0 Å². The molecule has 0 atom stereocenters. The molecule has 4 rings (SSSR count). The third-order valence-corrected chi connectivity index (χ3v) is 6.68. The van der Waals surface area contributed by atoms with E-state index in [1.165, 1.54) is 19.2 Å². The number of amides is 2. The van der Waals surface area contributed by atoms with E-state index in [4.69, 9.17) is 37.4 Å². The van der Waals surface area contributed by atoms with E-state index in [1.807, 2.05) is 29.2 Å². The van der Waals surface area contributed by atoms with Gasteiger partial charge in [0.1, 0.15) is 11.5 Å².